The largest absolute Gasteiger partial charge is 0.493 e. The average Bonchev–Trinajstić information content (AvgIpc) is 3.06. The van der Waals surface area contributed by atoms with E-state index in [0.717, 1.165) is 18.7 Å². The normalized spacial score (nSPS) is 14.3. The van der Waals surface area contributed by atoms with Crippen LogP contribution in [0.2, 0.25) is 0 Å². The van der Waals surface area contributed by atoms with Gasteiger partial charge in [-0.05, 0) is 30.2 Å². The van der Waals surface area contributed by atoms with Crippen LogP contribution in [0.5, 0.6) is 5.75 Å². The van der Waals surface area contributed by atoms with E-state index in [-0.39, 0.29) is 5.91 Å². The van der Waals surface area contributed by atoms with Crippen LogP contribution in [-0.4, -0.2) is 35.1 Å². The monoisotopic (exact) mass is 360 g/mol. The van der Waals surface area contributed by atoms with E-state index in [4.69, 9.17) is 4.74 Å². The summed E-state index contributed by atoms with van der Waals surface area (Å²) in [6.45, 7) is 1.85. The quantitative estimate of drug-likeness (QED) is 0.681. The highest BCUT2D eigenvalue weighted by molar-refractivity contribution is 5.93. The second-order valence-corrected chi connectivity index (χ2v) is 6.90. The molecule has 4 nitrogen and oxygen atoms in total. The minimum atomic E-state index is 0.152. The van der Waals surface area contributed by atoms with Gasteiger partial charge in [0.25, 0.3) is 0 Å². The molecule has 4 heteroatoms. The number of rotatable bonds is 5. The zero-order chi connectivity index (χ0) is 18.6. The molecule has 0 atom stereocenters. The average molecular weight is 360 g/mol. The van der Waals surface area contributed by atoms with E-state index in [9.17, 15) is 4.79 Å². The number of benzene rings is 2. The molecule has 0 bridgehead atoms. The summed E-state index contributed by atoms with van der Waals surface area (Å²) < 4.78 is 7.81. The van der Waals surface area contributed by atoms with Gasteiger partial charge in [-0.1, -0.05) is 42.5 Å². The van der Waals surface area contributed by atoms with Crippen LogP contribution in [0, 0.1) is 0 Å². The number of aromatic nitrogens is 1. The maximum Gasteiger partial charge on any atom is 0.226 e. The lowest BCUT2D eigenvalue weighted by Gasteiger charge is -2.26. The molecule has 4 rings (SSSR count). The van der Waals surface area contributed by atoms with Crippen molar-refractivity contribution in [1.29, 1.82) is 0 Å². The molecule has 2 aromatic carbocycles. The van der Waals surface area contributed by atoms with Gasteiger partial charge in [0, 0.05) is 42.8 Å². The van der Waals surface area contributed by atoms with E-state index in [1.165, 1.54) is 22.0 Å². The van der Waals surface area contributed by atoms with Crippen LogP contribution in [0.3, 0.4) is 0 Å². The van der Waals surface area contributed by atoms with Gasteiger partial charge in [0.15, 0.2) is 0 Å². The van der Waals surface area contributed by atoms with E-state index in [0.29, 0.717) is 19.6 Å². The molecule has 0 spiro atoms. The van der Waals surface area contributed by atoms with Crippen molar-refractivity contribution < 1.29 is 9.53 Å². The van der Waals surface area contributed by atoms with Crippen molar-refractivity contribution in [2.45, 2.75) is 12.8 Å². The lowest BCUT2D eigenvalue weighted by Crippen LogP contribution is -2.35. The molecule has 2 heterocycles. The van der Waals surface area contributed by atoms with Gasteiger partial charge in [-0.15, -0.1) is 0 Å². The lowest BCUT2D eigenvalue weighted by atomic mass is 9.99. The number of carbonyl (C=O) groups is 1. The maximum absolute atomic E-state index is 12.5. The van der Waals surface area contributed by atoms with Gasteiger partial charge in [0.2, 0.25) is 5.91 Å². The van der Waals surface area contributed by atoms with E-state index in [2.05, 4.69) is 48.2 Å². The molecule has 0 saturated carbocycles. The van der Waals surface area contributed by atoms with Crippen molar-refractivity contribution in [3.8, 4) is 5.75 Å². The van der Waals surface area contributed by atoms with Crippen molar-refractivity contribution in [1.82, 2.24) is 9.47 Å². The van der Waals surface area contributed by atoms with Gasteiger partial charge in [-0.3, -0.25) is 4.79 Å². The van der Waals surface area contributed by atoms with Crippen LogP contribution in [0.4, 0.5) is 0 Å². The Balaban J connectivity index is 1.37. The molecule has 1 aliphatic heterocycles. The number of fused-ring (bicyclic) bond motifs is 1. The number of aryl methyl sites for hydroxylation is 1. The standard InChI is InChI=1S/C23H24N2O2/c1-24-17-21(20-9-5-6-10-22(20)24)18-11-14-25(15-12-18)23(26)13-16-27-19-7-3-2-4-8-19/h2-11,17H,12-16H2,1H3. The number of nitrogens with zero attached hydrogens (tertiary/aromatic N) is 2. The first-order valence-electron chi connectivity index (χ1n) is 9.41. The minimum Gasteiger partial charge on any atom is -0.493 e. The zero-order valence-electron chi connectivity index (χ0n) is 15.6. The molecular formula is C23H24N2O2. The summed E-state index contributed by atoms with van der Waals surface area (Å²) in [4.78, 5) is 14.4. The molecule has 0 N–H and O–H groups in total. The Morgan fingerprint density at radius 3 is 2.63 bits per heavy atom. The van der Waals surface area contributed by atoms with Gasteiger partial charge in [0.1, 0.15) is 5.75 Å². The predicted molar refractivity (Wildman–Crippen MR) is 109 cm³/mol. The SMILES string of the molecule is Cn1cc(C2=CCN(C(=O)CCOc3ccccc3)CC2)c2ccccc21. The molecule has 1 amide bonds. The minimum absolute atomic E-state index is 0.152. The van der Waals surface area contributed by atoms with Crippen molar-refractivity contribution >= 4 is 22.4 Å². The lowest BCUT2D eigenvalue weighted by molar-refractivity contribution is -0.131. The first-order valence-corrected chi connectivity index (χ1v) is 9.41. The number of hydrogen-bond donors (Lipinski definition) is 0. The van der Waals surface area contributed by atoms with Crippen LogP contribution in [0.1, 0.15) is 18.4 Å². The van der Waals surface area contributed by atoms with E-state index >= 15 is 0 Å². The Labute approximate surface area is 159 Å². The maximum atomic E-state index is 12.5. The van der Waals surface area contributed by atoms with E-state index in [1.807, 2.05) is 35.2 Å². The summed E-state index contributed by atoms with van der Waals surface area (Å²) in [6, 6.07) is 18.1. The third kappa shape index (κ3) is 3.75. The summed E-state index contributed by atoms with van der Waals surface area (Å²) in [5.41, 5.74) is 3.86. The van der Waals surface area contributed by atoms with Gasteiger partial charge in [-0.2, -0.15) is 0 Å². The smallest absolute Gasteiger partial charge is 0.226 e. The van der Waals surface area contributed by atoms with Crippen LogP contribution < -0.4 is 4.74 Å². The van der Waals surface area contributed by atoms with E-state index < -0.39 is 0 Å². The Morgan fingerprint density at radius 1 is 1.07 bits per heavy atom. The topological polar surface area (TPSA) is 34.5 Å². The molecule has 0 aliphatic carbocycles. The first-order chi connectivity index (χ1) is 13.2. The Bertz CT molecular complexity index is 972. The van der Waals surface area contributed by atoms with Gasteiger partial charge in [-0.25, -0.2) is 0 Å². The second kappa shape index (κ2) is 7.70. The highest BCUT2D eigenvalue weighted by Gasteiger charge is 2.19. The van der Waals surface area contributed by atoms with Crippen molar-refractivity contribution in [3.63, 3.8) is 0 Å². The molecule has 1 aromatic heterocycles. The molecule has 1 aliphatic rings. The number of amides is 1. The van der Waals surface area contributed by atoms with Crippen LogP contribution in [0.15, 0.2) is 66.9 Å². The Hall–Kier alpha value is -3.01. The Morgan fingerprint density at radius 2 is 1.85 bits per heavy atom. The van der Waals surface area contributed by atoms with Gasteiger partial charge >= 0.3 is 0 Å². The van der Waals surface area contributed by atoms with Gasteiger partial charge < -0.3 is 14.2 Å². The Kier molecular flexibility index (Phi) is 4.97. The number of ether oxygens (including phenoxy) is 1. The molecule has 0 radical (unpaired) electrons. The number of carbonyl (C=O) groups excluding carboxylic acids is 1. The highest BCUT2D eigenvalue weighted by Crippen LogP contribution is 2.30. The van der Waals surface area contributed by atoms with Gasteiger partial charge in [0.05, 0.1) is 13.0 Å². The molecule has 0 fully saturated rings. The summed E-state index contributed by atoms with van der Waals surface area (Å²) in [5.74, 6) is 0.959. The van der Waals surface area contributed by atoms with Crippen molar-refractivity contribution in [2.24, 2.45) is 7.05 Å². The number of para-hydroxylation sites is 2. The first kappa shape index (κ1) is 17.4. The molecule has 138 valence electrons. The molecule has 3 aromatic rings. The fourth-order valence-corrected chi connectivity index (χ4v) is 3.67. The summed E-state index contributed by atoms with van der Waals surface area (Å²) >= 11 is 0. The van der Waals surface area contributed by atoms with Crippen molar-refractivity contribution in [3.05, 3.63) is 72.4 Å². The third-order valence-electron chi connectivity index (χ3n) is 5.13. The van der Waals surface area contributed by atoms with E-state index in [1.54, 1.807) is 0 Å². The molecular weight excluding hydrogens is 336 g/mol. The highest BCUT2D eigenvalue weighted by atomic mass is 16.5. The number of hydrogen-bond acceptors (Lipinski definition) is 2. The molecule has 27 heavy (non-hydrogen) atoms. The summed E-state index contributed by atoms with van der Waals surface area (Å²) in [5, 5.41) is 1.28. The van der Waals surface area contributed by atoms with Crippen molar-refractivity contribution in [2.75, 3.05) is 19.7 Å². The molecule has 0 unspecified atom stereocenters. The summed E-state index contributed by atoms with van der Waals surface area (Å²) in [7, 11) is 2.08. The summed E-state index contributed by atoms with van der Waals surface area (Å²) in [6.07, 6.45) is 5.69. The van der Waals surface area contributed by atoms with Crippen LogP contribution in [0.25, 0.3) is 16.5 Å². The fourth-order valence-electron chi connectivity index (χ4n) is 3.67. The third-order valence-corrected chi connectivity index (χ3v) is 5.13. The second-order valence-electron chi connectivity index (χ2n) is 6.90. The van der Waals surface area contributed by atoms with Crippen LogP contribution >= 0.6 is 0 Å². The predicted octanol–water partition coefficient (Wildman–Crippen LogP) is 4.26. The zero-order valence-corrected chi connectivity index (χ0v) is 15.6. The van der Waals surface area contributed by atoms with Crippen LogP contribution in [-0.2, 0) is 11.8 Å². The molecule has 0 saturated heterocycles. The fraction of sp³-hybridized carbons (Fsp3) is 0.261.